The van der Waals surface area contributed by atoms with E-state index < -0.39 is 30.5 Å². The summed E-state index contributed by atoms with van der Waals surface area (Å²) >= 11 is 5.14. The molecule has 10 heteroatoms. The lowest BCUT2D eigenvalue weighted by atomic mass is 9.91. The van der Waals surface area contributed by atoms with Gasteiger partial charge < -0.3 is 20.3 Å². The van der Waals surface area contributed by atoms with Crippen molar-refractivity contribution in [2.75, 3.05) is 0 Å². The first kappa shape index (κ1) is 41.4. The molecule has 0 saturated carbocycles. The summed E-state index contributed by atoms with van der Waals surface area (Å²) in [4.78, 5) is 25.3. The molecule has 1 atom stereocenters. The van der Waals surface area contributed by atoms with E-state index in [4.69, 9.17) is 22.5 Å². The number of aliphatic hydroxyl groups excluding tert-OH is 1. The number of thiol groups is 1. The van der Waals surface area contributed by atoms with E-state index in [1.54, 1.807) is 42.5 Å². The number of alkyl halides is 3. The van der Waals surface area contributed by atoms with Crippen molar-refractivity contribution in [2.45, 2.75) is 146 Å². The first-order valence-corrected chi connectivity index (χ1v) is 19.4. The minimum Gasteiger partial charge on any atom is -0.481 e. The average molecular weight is 742 g/mol. The highest BCUT2D eigenvalue weighted by atomic mass is 32.1. The number of nitrogens with one attached hydrogen (secondary N) is 1. The second-order valence-corrected chi connectivity index (χ2v) is 14.4. The second kappa shape index (κ2) is 21.4. The Morgan fingerprint density at radius 1 is 0.731 bits per heavy atom. The van der Waals surface area contributed by atoms with E-state index >= 15 is 0 Å². The summed E-state index contributed by atoms with van der Waals surface area (Å²) in [5.41, 5.74) is 5.27. The average Bonchev–Trinajstić information content (AvgIpc) is 3.61. The number of carbonyl (C=O) groups excluding carboxylic acids is 1. The van der Waals surface area contributed by atoms with Crippen molar-refractivity contribution in [2.24, 2.45) is 0 Å². The zero-order chi connectivity index (χ0) is 37.3. The number of carboxylic acids is 1. The van der Waals surface area contributed by atoms with Crippen molar-refractivity contribution in [3.63, 3.8) is 0 Å². The lowest BCUT2D eigenvalue weighted by Gasteiger charge is -2.23. The highest BCUT2D eigenvalue weighted by Crippen LogP contribution is 2.43. The normalized spacial score (nSPS) is 13.2. The van der Waals surface area contributed by atoms with Gasteiger partial charge in [-0.2, -0.15) is 13.2 Å². The highest BCUT2D eigenvalue weighted by molar-refractivity contribution is 7.80. The number of carbonyl (C=O) groups is 2. The Kier molecular flexibility index (Phi) is 17.0. The van der Waals surface area contributed by atoms with Gasteiger partial charge in [-0.25, -0.2) is 0 Å². The molecular formula is C42H54F3NO5S. The third-order valence-electron chi connectivity index (χ3n) is 9.88. The van der Waals surface area contributed by atoms with Crippen LogP contribution in [0, 0.1) is 0 Å². The van der Waals surface area contributed by atoms with Crippen molar-refractivity contribution in [3.05, 3.63) is 88.0 Å². The lowest BCUT2D eigenvalue weighted by molar-refractivity contribution is -0.137. The number of fused-ring (bicyclic) bond motifs is 1. The number of ketones is 1. The molecule has 6 nitrogen and oxygen atoms in total. The molecule has 52 heavy (non-hydrogen) atoms. The minimum absolute atomic E-state index is 0.196. The molecule has 1 aliphatic rings. The highest BCUT2D eigenvalue weighted by Gasteiger charge is 2.29. The number of hydrogen-bond acceptors (Lipinski definition) is 6. The molecule has 0 aliphatic carbocycles. The van der Waals surface area contributed by atoms with Gasteiger partial charge in [0.05, 0.1) is 5.56 Å². The molecule has 0 saturated heterocycles. The number of aliphatic hydroxyl groups is 1. The van der Waals surface area contributed by atoms with Gasteiger partial charge in [0.1, 0.15) is 17.6 Å². The Hall–Kier alpha value is -3.34. The van der Waals surface area contributed by atoms with E-state index in [-0.39, 0.29) is 12.8 Å². The fourth-order valence-corrected chi connectivity index (χ4v) is 7.51. The number of Topliss-reactive ketones (excluding diaryl/α,β-unsaturated/α-hetero) is 1. The number of para-hydroxylation sites is 1. The number of hydrogen-bond donors (Lipinski definition) is 4. The van der Waals surface area contributed by atoms with Gasteiger partial charge >= 0.3 is 12.1 Å². The van der Waals surface area contributed by atoms with Crippen LogP contribution in [-0.2, 0) is 30.7 Å². The number of benzene rings is 3. The Morgan fingerprint density at radius 3 is 1.90 bits per heavy atom. The molecule has 0 aromatic heterocycles. The van der Waals surface area contributed by atoms with E-state index in [1.165, 1.54) is 11.1 Å². The minimum atomic E-state index is -4.07. The van der Waals surface area contributed by atoms with Gasteiger partial charge in [0.25, 0.3) is 0 Å². The molecule has 1 unspecified atom stereocenters. The molecule has 1 heterocycles. The van der Waals surface area contributed by atoms with Gasteiger partial charge in [0, 0.05) is 42.0 Å². The molecular weight excluding hydrogens is 688 g/mol. The monoisotopic (exact) mass is 741 g/mol. The molecule has 3 N–H and O–H groups in total. The van der Waals surface area contributed by atoms with Crippen LogP contribution < -0.4 is 10.1 Å². The topological polar surface area (TPSA) is 95.9 Å². The van der Waals surface area contributed by atoms with E-state index in [0.717, 1.165) is 105 Å². The molecule has 284 valence electrons. The predicted octanol–water partition coefficient (Wildman–Crippen LogP) is 11.3. The molecule has 0 radical (unpaired) electrons. The summed E-state index contributed by atoms with van der Waals surface area (Å²) in [6.45, 7) is 1.30. The van der Waals surface area contributed by atoms with Gasteiger partial charge in [-0.3, -0.25) is 9.59 Å². The standard InChI is InChI=1S/C42H54F3NO5S/c43-42(44,45)27-19-10-6-2-4-7-14-22-31-34-28-46-29-35(34)40(33(41(31)52)24-15-8-3-1-5-9-16-26-37(47)48)51-36-25-18-17-23-32(36)39(50)38(49)30-20-12-11-13-21-30/h11-13,17-18,20-21,23,25,38,46,49,52H,1-10,14-16,19,22,24,26-29H2,(H,47,48). The SMILES string of the molecule is O=C(O)CCCCCCCCCc1c(S)c(CCCCCCCCCC(F)(F)F)c2c(c1Oc1ccccc1C(=O)C(O)c1ccccc1)CNC2. The Bertz CT molecular complexity index is 1580. The van der Waals surface area contributed by atoms with Crippen molar-refractivity contribution in [3.8, 4) is 11.5 Å². The fraction of sp³-hybridized carbons (Fsp3) is 0.524. The number of halogens is 3. The first-order valence-electron chi connectivity index (χ1n) is 19.0. The van der Waals surface area contributed by atoms with Gasteiger partial charge in [-0.15, -0.1) is 12.6 Å². The smallest absolute Gasteiger partial charge is 0.389 e. The molecule has 3 aromatic rings. The molecule has 0 spiro atoms. The maximum Gasteiger partial charge on any atom is 0.389 e. The van der Waals surface area contributed by atoms with Gasteiger partial charge in [-0.1, -0.05) is 107 Å². The van der Waals surface area contributed by atoms with Crippen LogP contribution in [0.4, 0.5) is 13.2 Å². The van der Waals surface area contributed by atoms with Gasteiger partial charge in [0.15, 0.2) is 5.78 Å². The van der Waals surface area contributed by atoms with Crippen molar-refractivity contribution in [1.29, 1.82) is 0 Å². The number of aliphatic carboxylic acids is 1. The zero-order valence-corrected chi connectivity index (χ0v) is 31.0. The van der Waals surface area contributed by atoms with Crippen LogP contribution in [0.15, 0.2) is 59.5 Å². The maximum atomic E-state index is 13.6. The number of carboxylic acid groups (broad SMARTS) is 1. The van der Waals surface area contributed by atoms with Crippen molar-refractivity contribution in [1.82, 2.24) is 5.32 Å². The van der Waals surface area contributed by atoms with Crippen molar-refractivity contribution >= 4 is 24.4 Å². The van der Waals surface area contributed by atoms with Crippen LogP contribution in [0.5, 0.6) is 11.5 Å². The molecule has 0 bridgehead atoms. The van der Waals surface area contributed by atoms with Crippen LogP contribution >= 0.6 is 12.6 Å². The van der Waals surface area contributed by atoms with Crippen LogP contribution in [-0.4, -0.2) is 28.1 Å². The summed E-state index contributed by atoms with van der Waals surface area (Å²) in [6.07, 6.45) is 7.87. The summed E-state index contributed by atoms with van der Waals surface area (Å²) in [5, 5.41) is 23.4. The quantitative estimate of drug-likeness (QED) is 0.0415. The predicted molar refractivity (Wildman–Crippen MR) is 201 cm³/mol. The maximum absolute atomic E-state index is 13.6. The first-order chi connectivity index (χ1) is 25.1. The molecule has 1 aliphatic heterocycles. The molecule has 0 fully saturated rings. The van der Waals surface area contributed by atoms with E-state index in [1.807, 2.05) is 12.1 Å². The zero-order valence-electron chi connectivity index (χ0n) is 30.1. The largest absolute Gasteiger partial charge is 0.481 e. The third-order valence-corrected chi connectivity index (χ3v) is 10.4. The number of rotatable bonds is 24. The van der Waals surface area contributed by atoms with E-state index in [2.05, 4.69) is 5.32 Å². The Labute approximate surface area is 312 Å². The summed E-state index contributed by atoms with van der Waals surface area (Å²) in [5.74, 6) is -0.0858. The number of unbranched alkanes of at least 4 members (excludes halogenated alkanes) is 12. The molecule has 4 rings (SSSR count). The fourth-order valence-electron chi connectivity index (χ4n) is 7.05. The van der Waals surface area contributed by atoms with Crippen LogP contribution in [0.1, 0.15) is 147 Å². The van der Waals surface area contributed by atoms with Crippen LogP contribution in [0.2, 0.25) is 0 Å². The summed E-state index contributed by atoms with van der Waals surface area (Å²) < 4.78 is 44.1. The van der Waals surface area contributed by atoms with E-state index in [9.17, 15) is 27.9 Å². The summed E-state index contributed by atoms with van der Waals surface area (Å²) in [7, 11) is 0. The van der Waals surface area contributed by atoms with Gasteiger partial charge in [-0.05, 0) is 67.3 Å². The van der Waals surface area contributed by atoms with Crippen LogP contribution in [0.3, 0.4) is 0 Å². The van der Waals surface area contributed by atoms with E-state index in [0.29, 0.717) is 42.8 Å². The second-order valence-electron chi connectivity index (χ2n) is 13.9. The van der Waals surface area contributed by atoms with Gasteiger partial charge in [0.2, 0.25) is 0 Å². The van der Waals surface area contributed by atoms with Crippen LogP contribution in [0.25, 0.3) is 0 Å². The molecule has 3 aromatic carbocycles. The van der Waals surface area contributed by atoms with Crippen molar-refractivity contribution < 1.29 is 37.7 Å². The lowest BCUT2D eigenvalue weighted by Crippen LogP contribution is -2.14. The molecule has 0 amide bonds. The Morgan fingerprint density at radius 2 is 1.27 bits per heavy atom. The Balaban J connectivity index is 1.49. The summed E-state index contributed by atoms with van der Waals surface area (Å²) in [6, 6.07) is 15.9. The third kappa shape index (κ3) is 13.0. The number of ether oxygens (including phenoxy) is 1.